The van der Waals surface area contributed by atoms with Crippen LogP contribution in [0.3, 0.4) is 0 Å². The second-order valence-electron chi connectivity index (χ2n) is 6.30. The molecule has 16 heavy (non-hydrogen) atoms. The maximum atomic E-state index is 3.53. The van der Waals surface area contributed by atoms with Crippen LogP contribution in [0.25, 0.3) is 0 Å². The van der Waals surface area contributed by atoms with Gasteiger partial charge in [-0.3, -0.25) is 0 Å². The van der Waals surface area contributed by atoms with Crippen molar-refractivity contribution < 1.29 is 0 Å². The van der Waals surface area contributed by atoms with Crippen LogP contribution in [-0.2, 0) is 0 Å². The molecule has 1 saturated heterocycles. The molecule has 0 aromatic heterocycles. The quantitative estimate of drug-likeness (QED) is 0.683. The smallest absolute Gasteiger partial charge is 0.00436 e. The summed E-state index contributed by atoms with van der Waals surface area (Å²) in [6, 6.07) is 0. The van der Waals surface area contributed by atoms with Gasteiger partial charge in [0, 0.05) is 0 Å². The topological polar surface area (TPSA) is 12.0 Å². The van der Waals surface area contributed by atoms with Crippen LogP contribution >= 0.6 is 12.4 Å². The van der Waals surface area contributed by atoms with E-state index < -0.39 is 0 Å². The van der Waals surface area contributed by atoms with E-state index in [0.717, 1.165) is 17.3 Å². The third-order valence-corrected chi connectivity index (χ3v) is 5.47. The fraction of sp³-hybridized carbons (Fsp3) is 1.00. The van der Waals surface area contributed by atoms with Crippen molar-refractivity contribution in [2.45, 2.75) is 57.8 Å². The van der Waals surface area contributed by atoms with E-state index in [-0.39, 0.29) is 12.4 Å². The highest BCUT2D eigenvalue weighted by Crippen LogP contribution is 2.51. The van der Waals surface area contributed by atoms with Crippen molar-refractivity contribution in [2.75, 3.05) is 13.1 Å². The summed E-state index contributed by atoms with van der Waals surface area (Å²) in [6.07, 6.45) is 13.8. The minimum atomic E-state index is 0. The second kappa shape index (κ2) is 5.27. The normalized spacial score (nSPS) is 37.5. The zero-order valence-corrected chi connectivity index (χ0v) is 11.2. The van der Waals surface area contributed by atoms with Gasteiger partial charge in [0.1, 0.15) is 0 Å². The summed E-state index contributed by atoms with van der Waals surface area (Å²) in [7, 11) is 0. The fourth-order valence-electron chi connectivity index (χ4n) is 4.49. The van der Waals surface area contributed by atoms with Gasteiger partial charge in [-0.2, -0.15) is 0 Å². The number of fused-ring (bicyclic) bond motifs is 1. The summed E-state index contributed by atoms with van der Waals surface area (Å²) in [4.78, 5) is 0. The first kappa shape index (κ1) is 12.7. The molecule has 1 nitrogen and oxygen atoms in total. The highest BCUT2D eigenvalue weighted by molar-refractivity contribution is 5.85. The van der Waals surface area contributed by atoms with Crippen molar-refractivity contribution >= 4 is 12.4 Å². The minimum Gasteiger partial charge on any atom is -0.317 e. The summed E-state index contributed by atoms with van der Waals surface area (Å²) in [6.45, 7) is 2.58. The SMILES string of the molecule is C1CCC2CC3(CCNCC3)CCC2C1.Cl. The van der Waals surface area contributed by atoms with Crippen molar-refractivity contribution in [1.29, 1.82) is 0 Å². The number of rotatable bonds is 0. The molecule has 1 N–H and O–H groups in total. The molecule has 2 heteroatoms. The van der Waals surface area contributed by atoms with Crippen molar-refractivity contribution in [1.82, 2.24) is 5.32 Å². The molecule has 1 aliphatic heterocycles. The van der Waals surface area contributed by atoms with Gasteiger partial charge in [0.2, 0.25) is 0 Å². The largest absolute Gasteiger partial charge is 0.317 e. The van der Waals surface area contributed by atoms with Crippen LogP contribution in [0.5, 0.6) is 0 Å². The van der Waals surface area contributed by atoms with Gasteiger partial charge in [-0.1, -0.05) is 25.7 Å². The average Bonchev–Trinajstić information content (AvgIpc) is 2.30. The van der Waals surface area contributed by atoms with Crippen LogP contribution in [0, 0.1) is 17.3 Å². The highest BCUT2D eigenvalue weighted by atomic mass is 35.5. The van der Waals surface area contributed by atoms with E-state index in [2.05, 4.69) is 5.32 Å². The van der Waals surface area contributed by atoms with E-state index in [1.807, 2.05) is 0 Å². The van der Waals surface area contributed by atoms with Crippen LogP contribution in [0.1, 0.15) is 57.8 Å². The molecule has 3 rings (SSSR count). The number of piperidine rings is 1. The Morgan fingerprint density at radius 1 is 0.812 bits per heavy atom. The molecule has 0 amide bonds. The monoisotopic (exact) mass is 243 g/mol. The molecule has 0 aromatic carbocycles. The summed E-state index contributed by atoms with van der Waals surface area (Å²) >= 11 is 0. The van der Waals surface area contributed by atoms with Crippen LogP contribution in [-0.4, -0.2) is 13.1 Å². The first-order valence-electron chi connectivity index (χ1n) is 7.09. The Labute approximate surface area is 106 Å². The van der Waals surface area contributed by atoms with Gasteiger partial charge in [0.05, 0.1) is 0 Å². The average molecular weight is 244 g/mol. The molecule has 2 atom stereocenters. The molecule has 2 unspecified atom stereocenters. The molecule has 3 aliphatic rings. The number of nitrogens with one attached hydrogen (secondary N) is 1. The van der Waals surface area contributed by atoms with Gasteiger partial charge in [-0.25, -0.2) is 0 Å². The molecular weight excluding hydrogens is 218 g/mol. The summed E-state index contributed by atoms with van der Waals surface area (Å²) in [5.41, 5.74) is 0.782. The molecule has 1 heterocycles. The van der Waals surface area contributed by atoms with E-state index in [9.17, 15) is 0 Å². The van der Waals surface area contributed by atoms with Crippen LogP contribution < -0.4 is 5.32 Å². The Balaban J connectivity index is 0.000000963. The highest BCUT2D eigenvalue weighted by Gasteiger charge is 2.41. The molecule has 2 saturated carbocycles. The van der Waals surface area contributed by atoms with E-state index in [0.29, 0.717) is 0 Å². The van der Waals surface area contributed by atoms with E-state index in [1.165, 1.54) is 38.8 Å². The van der Waals surface area contributed by atoms with Gasteiger partial charge in [-0.05, 0) is 62.4 Å². The van der Waals surface area contributed by atoms with E-state index in [1.54, 1.807) is 32.1 Å². The minimum absolute atomic E-state index is 0. The lowest BCUT2D eigenvalue weighted by Gasteiger charge is -2.48. The predicted octanol–water partition coefficient (Wildman–Crippen LogP) is 3.77. The first-order chi connectivity index (χ1) is 7.38. The third kappa shape index (κ3) is 2.41. The second-order valence-corrected chi connectivity index (χ2v) is 6.30. The number of halogens is 1. The maximum absolute atomic E-state index is 3.53. The molecule has 0 radical (unpaired) electrons. The molecule has 0 aromatic rings. The number of hydrogen-bond acceptors (Lipinski definition) is 1. The van der Waals surface area contributed by atoms with E-state index >= 15 is 0 Å². The zero-order valence-electron chi connectivity index (χ0n) is 10.3. The Morgan fingerprint density at radius 2 is 1.50 bits per heavy atom. The van der Waals surface area contributed by atoms with Gasteiger partial charge in [-0.15, -0.1) is 12.4 Å². The molecule has 94 valence electrons. The third-order valence-electron chi connectivity index (χ3n) is 5.47. The predicted molar refractivity (Wildman–Crippen MR) is 71.1 cm³/mol. The van der Waals surface area contributed by atoms with Crippen molar-refractivity contribution in [3.8, 4) is 0 Å². The van der Waals surface area contributed by atoms with Crippen LogP contribution in [0.4, 0.5) is 0 Å². The molecule has 2 aliphatic carbocycles. The molecule has 3 fully saturated rings. The first-order valence-corrected chi connectivity index (χ1v) is 7.09. The zero-order chi connectivity index (χ0) is 10.1. The Morgan fingerprint density at radius 3 is 2.25 bits per heavy atom. The summed E-state index contributed by atoms with van der Waals surface area (Å²) < 4.78 is 0. The van der Waals surface area contributed by atoms with Gasteiger partial charge < -0.3 is 5.32 Å². The van der Waals surface area contributed by atoms with E-state index in [4.69, 9.17) is 0 Å². The Bertz CT molecular complexity index is 223. The standard InChI is InChI=1S/C14H25N.ClH/c1-2-4-13-11-14(6-5-12(13)3-1)7-9-15-10-8-14;/h12-13,15H,1-11H2;1H. The summed E-state index contributed by atoms with van der Waals surface area (Å²) in [5.74, 6) is 2.24. The summed E-state index contributed by atoms with van der Waals surface area (Å²) in [5, 5.41) is 3.53. The van der Waals surface area contributed by atoms with Crippen LogP contribution in [0.15, 0.2) is 0 Å². The lowest BCUT2D eigenvalue weighted by molar-refractivity contribution is 0.0354. The van der Waals surface area contributed by atoms with Gasteiger partial charge in [0.15, 0.2) is 0 Å². The van der Waals surface area contributed by atoms with Crippen LogP contribution in [0.2, 0.25) is 0 Å². The maximum Gasteiger partial charge on any atom is -0.00436 e. The number of hydrogen-bond donors (Lipinski definition) is 1. The van der Waals surface area contributed by atoms with Crippen molar-refractivity contribution in [2.24, 2.45) is 17.3 Å². The molecular formula is C14H26ClN. The van der Waals surface area contributed by atoms with Gasteiger partial charge in [0.25, 0.3) is 0 Å². The lowest BCUT2D eigenvalue weighted by Crippen LogP contribution is -2.42. The Hall–Kier alpha value is 0.250. The fourth-order valence-corrected chi connectivity index (χ4v) is 4.49. The molecule has 0 bridgehead atoms. The van der Waals surface area contributed by atoms with Crippen molar-refractivity contribution in [3.05, 3.63) is 0 Å². The lowest BCUT2D eigenvalue weighted by atomic mass is 9.58. The van der Waals surface area contributed by atoms with Crippen molar-refractivity contribution in [3.63, 3.8) is 0 Å². The Kier molecular flexibility index (Phi) is 4.18. The molecule has 1 spiro atoms. The van der Waals surface area contributed by atoms with Gasteiger partial charge >= 0.3 is 0 Å².